The predicted molar refractivity (Wildman–Crippen MR) is 53.3 cm³/mol. The number of hydrogen-bond donors (Lipinski definition) is 2. The summed E-state index contributed by atoms with van der Waals surface area (Å²) in [7, 11) is 0. The minimum Gasteiger partial charge on any atom is -0.504 e. The Morgan fingerprint density at radius 1 is 1.57 bits per heavy atom. The number of aliphatic hydroxyl groups excluding tert-OH is 1. The lowest BCUT2D eigenvalue weighted by Gasteiger charge is -2.17. The van der Waals surface area contributed by atoms with E-state index in [1.54, 1.807) is 18.3 Å². The van der Waals surface area contributed by atoms with E-state index in [9.17, 15) is 5.11 Å². The van der Waals surface area contributed by atoms with Crippen molar-refractivity contribution in [2.24, 2.45) is 5.92 Å². The highest BCUT2D eigenvalue weighted by molar-refractivity contribution is 5.51. The fraction of sp³-hybridized carbons (Fsp3) is 0.500. The number of hydrogen-bond acceptors (Lipinski definition) is 4. The molecule has 4 heteroatoms. The molecule has 14 heavy (non-hydrogen) atoms. The Kier molecular flexibility index (Phi) is 2.54. The van der Waals surface area contributed by atoms with Crippen LogP contribution in [0.4, 0.5) is 5.82 Å². The molecule has 2 rings (SSSR count). The molecule has 1 saturated heterocycles. The van der Waals surface area contributed by atoms with Crippen molar-refractivity contribution in [2.45, 2.75) is 6.42 Å². The average molecular weight is 194 g/mol. The van der Waals surface area contributed by atoms with Crippen molar-refractivity contribution in [2.75, 3.05) is 24.6 Å². The molecule has 2 N–H and O–H groups in total. The van der Waals surface area contributed by atoms with Crippen LogP contribution in [-0.4, -0.2) is 34.9 Å². The summed E-state index contributed by atoms with van der Waals surface area (Å²) in [5.74, 6) is 1.16. The molecule has 1 aromatic rings. The van der Waals surface area contributed by atoms with Crippen LogP contribution < -0.4 is 4.90 Å². The van der Waals surface area contributed by atoms with Crippen LogP contribution >= 0.6 is 0 Å². The predicted octanol–water partition coefficient (Wildman–Crippen LogP) is 0.606. The fourth-order valence-corrected chi connectivity index (χ4v) is 1.81. The number of aromatic hydroxyl groups is 1. The first-order valence-corrected chi connectivity index (χ1v) is 4.81. The lowest BCUT2D eigenvalue weighted by Crippen LogP contribution is -2.21. The summed E-state index contributed by atoms with van der Waals surface area (Å²) in [4.78, 5) is 6.13. The number of anilines is 1. The van der Waals surface area contributed by atoms with Gasteiger partial charge in [0.05, 0.1) is 0 Å². The molecule has 2 heterocycles. The van der Waals surface area contributed by atoms with E-state index in [-0.39, 0.29) is 12.4 Å². The molecule has 4 nitrogen and oxygen atoms in total. The van der Waals surface area contributed by atoms with Gasteiger partial charge in [0, 0.05) is 31.8 Å². The molecule has 1 aliphatic heterocycles. The van der Waals surface area contributed by atoms with Crippen molar-refractivity contribution < 1.29 is 10.2 Å². The van der Waals surface area contributed by atoms with E-state index >= 15 is 0 Å². The zero-order chi connectivity index (χ0) is 9.97. The maximum Gasteiger partial charge on any atom is 0.171 e. The molecule has 0 aromatic carbocycles. The van der Waals surface area contributed by atoms with Gasteiger partial charge in [-0.15, -0.1) is 0 Å². The van der Waals surface area contributed by atoms with Crippen molar-refractivity contribution >= 4 is 5.82 Å². The van der Waals surface area contributed by atoms with Crippen LogP contribution in [0, 0.1) is 5.92 Å². The third-order valence-corrected chi connectivity index (χ3v) is 2.61. The van der Waals surface area contributed by atoms with Crippen molar-refractivity contribution in [3.05, 3.63) is 18.3 Å². The van der Waals surface area contributed by atoms with E-state index in [1.165, 1.54) is 0 Å². The van der Waals surface area contributed by atoms with Crippen molar-refractivity contribution in [1.82, 2.24) is 4.98 Å². The van der Waals surface area contributed by atoms with E-state index in [0.717, 1.165) is 19.5 Å². The quantitative estimate of drug-likeness (QED) is 0.724. The summed E-state index contributed by atoms with van der Waals surface area (Å²) >= 11 is 0. The van der Waals surface area contributed by atoms with E-state index in [4.69, 9.17) is 5.11 Å². The molecule has 0 spiro atoms. The number of aromatic nitrogens is 1. The Bertz CT molecular complexity index is 317. The van der Waals surface area contributed by atoms with Crippen molar-refractivity contribution in [1.29, 1.82) is 0 Å². The van der Waals surface area contributed by atoms with Gasteiger partial charge in [0.2, 0.25) is 0 Å². The van der Waals surface area contributed by atoms with E-state index in [2.05, 4.69) is 4.98 Å². The highest BCUT2D eigenvalue weighted by Crippen LogP contribution is 2.28. The van der Waals surface area contributed by atoms with Gasteiger partial charge in [-0.05, 0) is 18.6 Å². The van der Waals surface area contributed by atoms with Gasteiger partial charge in [-0.3, -0.25) is 0 Å². The Balaban J connectivity index is 2.13. The third kappa shape index (κ3) is 1.65. The maximum absolute atomic E-state index is 9.56. The van der Waals surface area contributed by atoms with Crippen LogP contribution in [-0.2, 0) is 0 Å². The van der Waals surface area contributed by atoms with Crippen LogP contribution in [0.2, 0.25) is 0 Å². The highest BCUT2D eigenvalue weighted by Gasteiger charge is 2.24. The number of pyridine rings is 1. The molecule has 1 atom stereocenters. The lowest BCUT2D eigenvalue weighted by atomic mass is 10.1. The van der Waals surface area contributed by atoms with Crippen molar-refractivity contribution in [3.63, 3.8) is 0 Å². The minimum atomic E-state index is 0.212. The Labute approximate surface area is 82.8 Å². The molecule has 0 aliphatic carbocycles. The molecule has 0 bridgehead atoms. The van der Waals surface area contributed by atoms with Gasteiger partial charge in [-0.25, -0.2) is 4.98 Å². The van der Waals surface area contributed by atoms with Crippen LogP contribution in [0.1, 0.15) is 6.42 Å². The summed E-state index contributed by atoms with van der Waals surface area (Å²) in [5.41, 5.74) is 0. The molecule has 76 valence electrons. The van der Waals surface area contributed by atoms with Gasteiger partial charge in [0.1, 0.15) is 0 Å². The van der Waals surface area contributed by atoms with Gasteiger partial charge < -0.3 is 15.1 Å². The second-order valence-electron chi connectivity index (χ2n) is 3.63. The van der Waals surface area contributed by atoms with Gasteiger partial charge in [0.25, 0.3) is 0 Å². The molecule has 0 radical (unpaired) electrons. The monoisotopic (exact) mass is 194 g/mol. The normalized spacial score (nSPS) is 21.5. The topological polar surface area (TPSA) is 56.6 Å². The Morgan fingerprint density at radius 3 is 3.07 bits per heavy atom. The summed E-state index contributed by atoms with van der Waals surface area (Å²) in [5, 5.41) is 18.6. The minimum absolute atomic E-state index is 0.212. The smallest absolute Gasteiger partial charge is 0.171 e. The molecule has 0 saturated carbocycles. The Morgan fingerprint density at radius 2 is 2.43 bits per heavy atom. The molecular weight excluding hydrogens is 180 g/mol. The molecule has 1 aromatic heterocycles. The Hall–Kier alpha value is -1.29. The second-order valence-corrected chi connectivity index (χ2v) is 3.63. The zero-order valence-electron chi connectivity index (χ0n) is 7.93. The largest absolute Gasteiger partial charge is 0.504 e. The van der Waals surface area contributed by atoms with Crippen LogP contribution in [0.3, 0.4) is 0 Å². The summed E-state index contributed by atoms with van der Waals surface area (Å²) in [6.45, 7) is 1.85. The fourth-order valence-electron chi connectivity index (χ4n) is 1.81. The SMILES string of the molecule is OC[C@H]1CCN(c2ncccc2O)C1. The zero-order valence-corrected chi connectivity index (χ0v) is 7.93. The number of nitrogens with zero attached hydrogens (tertiary/aromatic N) is 2. The molecule has 1 aliphatic rings. The third-order valence-electron chi connectivity index (χ3n) is 2.61. The lowest BCUT2D eigenvalue weighted by molar-refractivity contribution is 0.238. The van der Waals surface area contributed by atoms with Crippen LogP contribution in [0.25, 0.3) is 0 Å². The van der Waals surface area contributed by atoms with E-state index < -0.39 is 0 Å². The summed E-state index contributed by atoms with van der Waals surface area (Å²) < 4.78 is 0. The van der Waals surface area contributed by atoms with Crippen molar-refractivity contribution in [3.8, 4) is 5.75 Å². The first-order chi connectivity index (χ1) is 6.81. The van der Waals surface area contributed by atoms with E-state index in [0.29, 0.717) is 11.7 Å². The van der Waals surface area contributed by atoms with Gasteiger partial charge in [-0.2, -0.15) is 0 Å². The number of rotatable bonds is 2. The first kappa shape index (κ1) is 9.27. The van der Waals surface area contributed by atoms with Gasteiger partial charge >= 0.3 is 0 Å². The highest BCUT2D eigenvalue weighted by atomic mass is 16.3. The summed E-state index contributed by atoms with van der Waals surface area (Å²) in [6.07, 6.45) is 2.63. The standard InChI is InChI=1S/C10H14N2O2/c13-7-8-3-5-12(6-8)10-9(14)2-1-4-11-10/h1-2,4,8,13-14H,3,5-7H2/t8-/m0/s1. The molecular formula is C10H14N2O2. The first-order valence-electron chi connectivity index (χ1n) is 4.81. The molecule has 0 unspecified atom stereocenters. The van der Waals surface area contributed by atoms with E-state index in [1.807, 2.05) is 4.90 Å². The molecule has 1 fully saturated rings. The van der Waals surface area contributed by atoms with Crippen LogP contribution in [0.15, 0.2) is 18.3 Å². The second kappa shape index (κ2) is 3.84. The van der Waals surface area contributed by atoms with Crippen LogP contribution in [0.5, 0.6) is 5.75 Å². The number of aliphatic hydroxyl groups is 1. The van der Waals surface area contributed by atoms with Gasteiger partial charge in [0.15, 0.2) is 11.6 Å². The maximum atomic E-state index is 9.56. The van der Waals surface area contributed by atoms with Gasteiger partial charge in [-0.1, -0.05) is 0 Å². The molecule has 0 amide bonds. The summed E-state index contributed by atoms with van der Waals surface area (Å²) in [6, 6.07) is 3.34. The average Bonchev–Trinajstić information content (AvgIpc) is 2.67.